The first-order chi connectivity index (χ1) is 9.79. The fourth-order valence-corrected chi connectivity index (χ4v) is 1.33. The second-order valence-electron chi connectivity index (χ2n) is 4.15. The van der Waals surface area contributed by atoms with Gasteiger partial charge in [-0.05, 0) is 49.9 Å². The van der Waals surface area contributed by atoms with E-state index < -0.39 is 7.25 Å². The monoisotopic (exact) mass is 408 g/mol. The summed E-state index contributed by atoms with van der Waals surface area (Å²) in [6.45, 7) is 0. The van der Waals surface area contributed by atoms with E-state index in [1.807, 2.05) is 0 Å². The van der Waals surface area contributed by atoms with E-state index in [1.54, 1.807) is 0 Å². The van der Waals surface area contributed by atoms with Crippen molar-refractivity contribution in [2.24, 2.45) is 0 Å². The van der Waals surface area contributed by atoms with Gasteiger partial charge in [0, 0.05) is 19.5 Å². The van der Waals surface area contributed by atoms with Crippen LogP contribution >= 0.6 is 0 Å². The summed E-state index contributed by atoms with van der Waals surface area (Å²) < 4.78 is 39.0. The Labute approximate surface area is 140 Å². The van der Waals surface area contributed by atoms with Crippen LogP contribution < -0.4 is 0 Å². The van der Waals surface area contributed by atoms with Crippen LogP contribution in [-0.2, 0) is 19.5 Å². The standard InChI is InChI=1S/C8H12.C6H6O2.BF4.Rh/c1-2-4-6-8-7-5-3-1;7-5-1-2-6(8)4-3-5;2-1(3,4)5;/h1-4H,5-8H2;1-4,7-8H;;/q;;-1;/b3-1-,4-2-;;;. The van der Waals surface area contributed by atoms with Crippen LogP contribution in [0.15, 0.2) is 48.6 Å². The van der Waals surface area contributed by atoms with Gasteiger partial charge in [0.2, 0.25) is 0 Å². The predicted octanol–water partition coefficient (Wildman–Crippen LogP) is 5.07. The zero-order chi connectivity index (χ0) is 16.1. The van der Waals surface area contributed by atoms with Crippen molar-refractivity contribution in [2.45, 2.75) is 25.7 Å². The Balaban J connectivity index is 0. The van der Waals surface area contributed by atoms with Gasteiger partial charge >= 0.3 is 7.25 Å². The van der Waals surface area contributed by atoms with E-state index in [2.05, 4.69) is 24.3 Å². The summed E-state index contributed by atoms with van der Waals surface area (Å²) in [6, 6.07) is 5.70. The van der Waals surface area contributed by atoms with Gasteiger partial charge in [0.25, 0.3) is 0 Å². The van der Waals surface area contributed by atoms with E-state index in [-0.39, 0.29) is 31.0 Å². The van der Waals surface area contributed by atoms with Crippen molar-refractivity contribution in [1.29, 1.82) is 0 Å². The summed E-state index contributed by atoms with van der Waals surface area (Å²) in [4.78, 5) is 0. The number of phenols is 2. The molecule has 0 saturated carbocycles. The fourth-order valence-electron chi connectivity index (χ4n) is 1.33. The molecular formula is C14H18BF4O2Rh-. The average molecular weight is 408 g/mol. The summed E-state index contributed by atoms with van der Waals surface area (Å²) >= 11 is 0. The molecule has 1 aromatic rings. The maximum absolute atomic E-state index is 9.75. The molecule has 127 valence electrons. The Morgan fingerprint density at radius 1 is 0.727 bits per heavy atom. The van der Waals surface area contributed by atoms with Gasteiger partial charge in [-0.2, -0.15) is 0 Å². The van der Waals surface area contributed by atoms with Gasteiger partial charge < -0.3 is 27.5 Å². The van der Waals surface area contributed by atoms with Crippen LogP contribution in [0.4, 0.5) is 17.3 Å². The normalized spacial score (nSPS) is 16.2. The molecular weight excluding hydrogens is 390 g/mol. The third-order valence-electron chi connectivity index (χ3n) is 2.22. The Morgan fingerprint density at radius 3 is 1.27 bits per heavy atom. The fraction of sp³-hybridized carbons (Fsp3) is 0.286. The second-order valence-corrected chi connectivity index (χ2v) is 4.15. The van der Waals surface area contributed by atoms with Crippen LogP contribution in [0.5, 0.6) is 11.5 Å². The number of allylic oxidation sites excluding steroid dienone is 4. The van der Waals surface area contributed by atoms with Crippen LogP contribution in [-0.4, -0.2) is 17.5 Å². The summed E-state index contributed by atoms with van der Waals surface area (Å²) in [6.07, 6.45) is 14.0. The van der Waals surface area contributed by atoms with E-state index >= 15 is 0 Å². The molecule has 1 aliphatic carbocycles. The molecule has 2 rings (SSSR count). The minimum absolute atomic E-state index is 0. The molecule has 0 spiro atoms. The number of aromatic hydroxyl groups is 2. The first kappa shape index (κ1) is 23.0. The average Bonchev–Trinajstić information content (AvgIpc) is 2.31. The molecule has 0 amide bonds. The molecule has 8 heteroatoms. The number of rotatable bonds is 0. The van der Waals surface area contributed by atoms with Gasteiger partial charge in [0.05, 0.1) is 0 Å². The third-order valence-corrected chi connectivity index (χ3v) is 2.22. The van der Waals surface area contributed by atoms with Gasteiger partial charge in [-0.1, -0.05) is 24.3 Å². The Morgan fingerprint density at radius 2 is 1.00 bits per heavy atom. The topological polar surface area (TPSA) is 40.5 Å². The molecule has 0 fully saturated rings. The van der Waals surface area contributed by atoms with E-state index in [1.165, 1.54) is 49.9 Å². The molecule has 0 aliphatic heterocycles. The number of benzene rings is 1. The molecule has 0 unspecified atom stereocenters. The largest absolute Gasteiger partial charge is 0.673 e. The summed E-state index contributed by atoms with van der Waals surface area (Å²) in [5, 5.41) is 17.3. The smallest absolute Gasteiger partial charge is 0.508 e. The molecule has 2 nitrogen and oxygen atoms in total. The zero-order valence-electron chi connectivity index (χ0n) is 11.8. The third kappa shape index (κ3) is 21.0. The first-order valence-electron chi connectivity index (χ1n) is 6.46. The van der Waals surface area contributed by atoms with Crippen LogP contribution in [0.25, 0.3) is 0 Å². The number of phenolic OH excluding ortho intramolecular Hbond substituents is 2. The van der Waals surface area contributed by atoms with Crippen molar-refractivity contribution in [2.75, 3.05) is 0 Å². The minimum atomic E-state index is -6.00. The molecule has 0 heterocycles. The maximum atomic E-state index is 9.75. The summed E-state index contributed by atoms with van der Waals surface area (Å²) in [5.74, 6) is 0.339. The van der Waals surface area contributed by atoms with E-state index in [0.717, 1.165) is 0 Å². The van der Waals surface area contributed by atoms with Gasteiger partial charge in [-0.3, -0.25) is 0 Å². The SMILES string of the molecule is C1=C\CCCC\C=C/1.F[B-](F)(F)F.Oc1ccc(O)cc1.[Rh]. The summed E-state index contributed by atoms with van der Waals surface area (Å²) in [7, 11) is -6.00. The van der Waals surface area contributed by atoms with Gasteiger partial charge in [-0.15, -0.1) is 0 Å². The number of hydrogen-bond acceptors (Lipinski definition) is 2. The first-order valence-corrected chi connectivity index (χ1v) is 6.46. The van der Waals surface area contributed by atoms with Crippen molar-refractivity contribution in [3.8, 4) is 11.5 Å². The van der Waals surface area contributed by atoms with E-state index in [0.29, 0.717) is 0 Å². The molecule has 2 N–H and O–H groups in total. The van der Waals surface area contributed by atoms with Gasteiger partial charge in [0.15, 0.2) is 0 Å². The molecule has 0 atom stereocenters. The van der Waals surface area contributed by atoms with Crippen molar-refractivity contribution >= 4 is 7.25 Å². The van der Waals surface area contributed by atoms with E-state index in [9.17, 15) is 17.3 Å². The maximum Gasteiger partial charge on any atom is 0.673 e. The zero-order valence-corrected chi connectivity index (χ0v) is 13.4. The molecule has 22 heavy (non-hydrogen) atoms. The van der Waals surface area contributed by atoms with Crippen LogP contribution in [0.1, 0.15) is 25.7 Å². The summed E-state index contributed by atoms with van der Waals surface area (Å²) in [5.41, 5.74) is 0. The van der Waals surface area contributed by atoms with Crippen molar-refractivity contribution in [3.05, 3.63) is 48.6 Å². The predicted molar refractivity (Wildman–Crippen MR) is 76.7 cm³/mol. The molecule has 1 radical (unpaired) electrons. The molecule has 0 aromatic heterocycles. The van der Waals surface area contributed by atoms with Crippen molar-refractivity contribution < 1.29 is 47.0 Å². The van der Waals surface area contributed by atoms with Gasteiger partial charge in [0.1, 0.15) is 11.5 Å². The van der Waals surface area contributed by atoms with Crippen molar-refractivity contribution in [3.63, 3.8) is 0 Å². The van der Waals surface area contributed by atoms with Crippen molar-refractivity contribution in [1.82, 2.24) is 0 Å². The second kappa shape index (κ2) is 13.4. The molecule has 1 aromatic carbocycles. The Bertz CT molecular complexity index is 392. The molecule has 1 aliphatic rings. The Kier molecular flexibility index (Phi) is 14.0. The minimum Gasteiger partial charge on any atom is -0.508 e. The number of halogens is 4. The number of hydrogen-bond donors (Lipinski definition) is 2. The van der Waals surface area contributed by atoms with Crippen LogP contribution in [0.2, 0.25) is 0 Å². The van der Waals surface area contributed by atoms with Crippen LogP contribution in [0, 0.1) is 0 Å². The quantitative estimate of drug-likeness (QED) is 0.358. The van der Waals surface area contributed by atoms with Gasteiger partial charge in [-0.25, -0.2) is 0 Å². The Hall–Kier alpha value is -1.29. The molecule has 0 saturated heterocycles. The molecule has 0 bridgehead atoms. The van der Waals surface area contributed by atoms with E-state index in [4.69, 9.17) is 10.2 Å². The van der Waals surface area contributed by atoms with Crippen LogP contribution in [0.3, 0.4) is 0 Å².